The summed E-state index contributed by atoms with van der Waals surface area (Å²) >= 11 is 0. The number of hydrogen-bond acceptors (Lipinski definition) is 3. The average molecular weight is 274 g/mol. The van der Waals surface area contributed by atoms with Crippen LogP contribution in [0.25, 0.3) is 0 Å². The molecule has 0 radical (unpaired) electrons. The molecular formula is C17H26N2O. The fraction of sp³-hybridized carbons (Fsp3) is 0.647. The van der Waals surface area contributed by atoms with Crippen LogP contribution in [0, 0.1) is 5.92 Å². The zero-order valence-corrected chi connectivity index (χ0v) is 12.5. The summed E-state index contributed by atoms with van der Waals surface area (Å²) in [5, 5.41) is 3.24. The molecule has 1 saturated carbocycles. The zero-order chi connectivity index (χ0) is 13.8. The first-order chi connectivity index (χ1) is 9.83. The fourth-order valence-electron chi connectivity index (χ4n) is 3.29. The molecule has 1 saturated heterocycles. The Morgan fingerprint density at radius 3 is 2.50 bits per heavy atom. The van der Waals surface area contributed by atoms with Crippen LogP contribution >= 0.6 is 0 Å². The number of nitrogens with one attached hydrogen (secondary N) is 1. The van der Waals surface area contributed by atoms with E-state index in [1.807, 2.05) is 7.05 Å². The fourth-order valence-corrected chi connectivity index (χ4v) is 3.29. The van der Waals surface area contributed by atoms with Crippen LogP contribution in [-0.4, -0.2) is 37.7 Å². The summed E-state index contributed by atoms with van der Waals surface area (Å²) in [4.78, 5) is 2.53. The van der Waals surface area contributed by atoms with Gasteiger partial charge in [-0.2, -0.15) is 0 Å². The molecule has 3 nitrogen and oxygen atoms in total. The van der Waals surface area contributed by atoms with Gasteiger partial charge in [-0.1, -0.05) is 12.1 Å². The van der Waals surface area contributed by atoms with Gasteiger partial charge in [-0.15, -0.1) is 0 Å². The molecule has 1 aliphatic heterocycles. The summed E-state index contributed by atoms with van der Waals surface area (Å²) < 4.78 is 6.01. The highest BCUT2D eigenvalue weighted by Gasteiger charge is 2.30. The number of benzene rings is 1. The second kappa shape index (κ2) is 6.59. The maximum Gasteiger partial charge on any atom is 0.119 e. The Hall–Kier alpha value is -1.06. The van der Waals surface area contributed by atoms with E-state index in [1.54, 1.807) is 0 Å². The second-order valence-corrected chi connectivity index (χ2v) is 6.26. The number of ether oxygens (including phenoxy) is 1. The smallest absolute Gasteiger partial charge is 0.119 e. The minimum Gasteiger partial charge on any atom is -0.490 e. The van der Waals surface area contributed by atoms with Gasteiger partial charge in [0, 0.05) is 6.54 Å². The van der Waals surface area contributed by atoms with Crippen molar-refractivity contribution in [1.82, 2.24) is 10.2 Å². The third-order valence-corrected chi connectivity index (χ3v) is 4.52. The van der Waals surface area contributed by atoms with Crippen molar-refractivity contribution in [2.24, 2.45) is 5.92 Å². The normalized spacial score (nSPS) is 26.4. The minimum atomic E-state index is 0.429. The van der Waals surface area contributed by atoms with Crippen LogP contribution in [0.15, 0.2) is 24.3 Å². The molecule has 1 N–H and O–H groups in total. The number of likely N-dealkylation sites (tertiary alicyclic amines) is 1. The summed E-state index contributed by atoms with van der Waals surface area (Å²) in [6, 6.07) is 8.71. The second-order valence-electron chi connectivity index (χ2n) is 6.26. The van der Waals surface area contributed by atoms with E-state index in [0.29, 0.717) is 6.10 Å². The van der Waals surface area contributed by atoms with Crippen molar-refractivity contribution in [2.75, 3.05) is 26.7 Å². The van der Waals surface area contributed by atoms with Gasteiger partial charge in [0.25, 0.3) is 0 Å². The van der Waals surface area contributed by atoms with Crippen molar-refractivity contribution in [3.63, 3.8) is 0 Å². The molecule has 3 rings (SSSR count). The van der Waals surface area contributed by atoms with Crippen LogP contribution in [0.4, 0.5) is 0 Å². The predicted octanol–water partition coefficient (Wildman–Crippen LogP) is 2.66. The summed E-state index contributed by atoms with van der Waals surface area (Å²) in [6.07, 6.45) is 5.53. The topological polar surface area (TPSA) is 24.5 Å². The van der Waals surface area contributed by atoms with Crippen molar-refractivity contribution < 1.29 is 4.74 Å². The van der Waals surface area contributed by atoms with E-state index in [1.165, 1.54) is 44.3 Å². The first kappa shape index (κ1) is 13.9. The molecule has 0 atom stereocenters. The monoisotopic (exact) mass is 274 g/mol. The maximum atomic E-state index is 6.01. The molecule has 1 aliphatic carbocycles. The van der Waals surface area contributed by atoms with Crippen LogP contribution in [0.5, 0.6) is 5.75 Å². The molecule has 0 spiro atoms. The van der Waals surface area contributed by atoms with Gasteiger partial charge in [0.2, 0.25) is 0 Å². The van der Waals surface area contributed by atoms with Gasteiger partial charge in [-0.25, -0.2) is 0 Å². The van der Waals surface area contributed by atoms with Crippen molar-refractivity contribution in [3.05, 3.63) is 29.8 Å². The van der Waals surface area contributed by atoms with Gasteiger partial charge in [0.1, 0.15) is 5.75 Å². The highest BCUT2D eigenvalue weighted by molar-refractivity contribution is 5.27. The molecule has 2 aliphatic rings. The van der Waals surface area contributed by atoms with Crippen molar-refractivity contribution in [2.45, 2.75) is 38.3 Å². The summed E-state index contributed by atoms with van der Waals surface area (Å²) in [5.41, 5.74) is 1.40. The Kier molecular flexibility index (Phi) is 4.58. The molecule has 1 heterocycles. The Morgan fingerprint density at radius 1 is 1.15 bits per heavy atom. The SMILES string of the molecule is CNC[C@H]1C[C@H](Oc2ccc(CN3CCCC3)cc2)C1. The molecular weight excluding hydrogens is 248 g/mol. The van der Waals surface area contributed by atoms with Crippen molar-refractivity contribution >= 4 is 0 Å². The lowest BCUT2D eigenvalue weighted by atomic mass is 9.82. The molecule has 1 aromatic carbocycles. The molecule has 0 aromatic heterocycles. The van der Waals surface area contributed by atoms with Crippen molar-refractivity contribution in [3.8, 4) is 5.75 Å². The predicted molar refractivity (Wildman–Crippen MR) is 82.0 cm³/mol. The molecule has 2 fully saturated rings. The maximum absolute atomic E-state index is 6.01. The van der Waals surface area contributed by atoms with Crippen LogP contribution < -0.4 is 10.1 Å². The molecule has 0 bridgehead atoms. The standard InChI is InChI=1S/C17H26N2O/c1-18-12-15-10-17(11-15)20-16-6-4-14(5-7-16)13-19-8-2-3-9-19/h4-7,15,17-18H,2-3,8-13H2,1H3/t15-,17-. The number of nitrogens with zero attached hydrogens (tertiary/aromatic N) is 1. The number of hydrogen-bond donors (Lipinski definition) is 1. The van der Waals surface area contributed by atoms with Gasteiger partial charge in [-0.3, -0.25) is 4.90 Å². The van der Waals surface area contributed by atoms with Gasteiger partial charge >= 0.3 is 0 Å². The Bertz CT molecular complexity index is 406. The van der Waals surface area contributed by atoms with Gasteiger partial charge in [0.05, 0.1) is 6.10 Å². The van der Waals surface area contributed by atoms with E-state index in [0.717, 1.165) is 24.8 Å². The average Bonchev–Trinajstić information content (AvgIpc) is 2.91. The van der Waals surface area contributed by atoms with Crippen LogP contribution in [0.3, 0.4) is 0 Å². The zero-order valence-electron chi connectivity index (χ0n) is 12.5. The van der Waals surface area contributed by atoms with Gasteiger partial charge in [0.15, 0.2) is 0 Å². The molecule has 0 amide bonds. The summed E-state index contributed by atoms with van der Waals surface area (Å²) in [6.45, 7) is 4.73. The lowest BCUT2D eigenvalue weighted by molar-refractivity contribution is 0.0657. The van der Waals surface area contributed by atoms with E-state index in [4.69, 9.17) is 4.74 Å². The van der Waals surface area contributed by atoms with E-state index in [-0.39, 0.29) is 0 Å². The van der Waals surface area contributed by atoms with E-state index in [9.17, 15) is 0 Å². The Balaban J connectivity index is 1.44. The highest BCUT2D eigenvalue weighted by Crippen LogP contribution is 2.31. The van der Waals surface area contributed by atoms with E-state index < -0.39 is 0 Å². The first-order valence-electron chi connectivity index (χ1n) is 7.96. The lowest BCUT2D eigenvalue weighted by Crippen LogP contribution is -2.38. The summed E-state index contributed by atoms with van der Waals surface area (Å²) in [5.74, 6) is 1.84. The Labute approximate surface area is 122 Å². The largest absolute Gasteiger partial charge is 0.490 e. The molecule has 20 heavy (non-hydrogen) atoms. The molecule has 0 unspecified atom stereocenters. The third-order valence-electron chi connectivity index (χ3n) is 4.52. The van der Waals surface area contributed by atoms with Crippen LogP contribution in [-0.2, 0) is 6.54 Å². The summed E-state index contributed by atoms with van der Waals surface area (Å²) in [7, 11) is 2.02. The Morgan fingerprint density at radius 2 is 1.85 bits per heavy atom. The van der Waals surface area contributed by atoms with Crippen LogP contribution in [0.2, 0.25) is 0 Å². The van der Waals surface area contributed by atoms with Gasteiger partial charge < -0.3 is 10.1 Å². The molecule has 110 valence electrons. The quantitative estimate of drug-likeness (QED) is 0.863. The lowest BCUT2D eigenvalue weighted by Gasteiger charge is -2.35. The van der Waals surface area contributed by atoms with Gasteiger partial charge in [-0.05, 0) is 76.0 Å². The molecule has 1 aromatic rings. The first-order valence-corrected chi connectivity index (χ1v) is 7.96. The van der Waals surface area contributed by atoms with E-state index in [2.05, 4.69) is 34.5 Å². The van der Waals surface area contributed by atoms with E-state index >= 15 is 0 Å². The minimum absolute atomic E-state index is 0.429. The third kappa shape index (κ3) is 3.53. The van der Waals surface area contributed by atoms with Crippen LogP contribution in [0.1, 0.15) is 31.2 Å². The highest BCUT2D eigenvalue weighted by atomic mass is 16.5. The molecule has 3 heteroatoms. The number of rotatable bonds is 6. The van der Waals surface area contributed by atoms with Crippen molar-refractivity contribution in [1.29, 1.82) is 0 Å².